The number of nitrogens with one attached hydrogen (secondary N) is 4. The molecule has 0 heterocycles. The van der Waals surface area contributed by atoms with Crippen LogP contribution >= 0.6 is 0 Å². The van der Waals surface area contributed by atoms with Crippen LogP contribution in [0.5, 0.6) is 0 Å². The van der Waals surface area contributed by atoms with Gasteiger partial charge in [0.1, 0.15) is 0 Å². The highest BCUT2D eigenvalue weighted by Crippen LogP contribution is 2.37. The summed E-state index contributed by atoms with van der Waals surface area (Å²) in [6.07, 6.45) is -14.9. The number of carbonyl (C=O) groups excluding carboxylic acids is 2. The van der Waals surface area contributed by atoms with Gasteiger partial charge < -0.3 is 21.3 Å². The first-order valence-corrected chi connectivity index (χ1v) is 15.8. The van der Waals surface area contributed by atoms with Crippen molar-refractivity contribution in [1.29, 1.82) is 0 Å². The van der Waals surface area contributed by atoms with Crippen molar-refractivity contribution >= 4 is 24.2 Å². The normalized spacial score (nSPS) is 12.6. The molecule has 0 aromatic heterocycles. The molecule has 0 atom stereocenters. The zero-order valence-corrected chi connectivity index (χ0v) is 27.9. The van der Waals surface area contributed by atoms with Crippen LogP contribution in [0.2, 0.25) is 0 Å². The summed E-state index contributed by atoms with van der Waals surface area (Å²) < 4.78 is 161. The summed E-state index contributed by atoms with van der Waals surface area (Å²) in [5, 5.41) is 9.08. The lowest BCUT2D eigenvalue weighted by molar-refractivity contribution is -0.138. The number of amides is 4. The summed E-state index contributed by atoms with van der Waals surface area (Å²) in [7, 11) is 0. The standard InChI is InChI=1S/C37H28F12N4O2/c38-34(39,40)28-5-1-3-22(15-28)7-10-50-32(54)51-12-9-24-13-26(19-30(17-24)36(44,45)46)27-14-25(18-31(20-27)37(47,48)49)21-53-33(55)52-11-8-23-4-2-6-29(16-23)35(41,42)43/h1-8,10-11,13-20H,9,12,21H2,(H2,50,51,54)(H2,52,53,55)/b10-7+,11-8+. The SMILES string of the molecule is O=C(N/C=C/c1cccc(C(F)(F)F)c1)NCCc1cc(-c2cc(CNC(=O)N/C=C/c3cccc(C(F)(F)F)c3)cc(C(F)(F)F)c2)cc(C(F)(F)F)c1. The number of rotatable bonds is 10. The van der Waals surface area contributed by atoms with Gasteiger partial charge in [-0.15, -0.1) is 0 Å². The van der Waals surface area contributed by atoms with Crippen LogP contribution in [0.25, 0.3) is 23.3 Å². The molecular weight excluding hydrogens is 760 g/mol. The molecular formula is C37H28F12N4O2. The number of hydrogen-bond acceptors (Lipinski definition) is 2. The number of halogens is 12. The third-order valence-corrected chi connectivity index (χ3v) is 7.53. The lowest BCUT2D eigenvalue weighted by Crippen LogP contribution is -2.33. The molecule has 0 saturated heterocycles. The number of benzene rings is 4. The van der Waals surface area contributed by atoms with E-state index < -0.39 is 65.6 Å². The van der Waals surface area contributed by atoms with E-state index in [1.807, 2.05) is 0 Å². The molecule has 4 aromatic carbocycles. The molecule has 4 N–H and O–H groups in total. The molecule has 55 heavy (non-hydrogen) atoms. The Morgan fingerprint density at radius 2 is 0.909 bits per heavy atom. The van der Waals surface area contributed by atoms with E-state index in [4.69, 9.17) is 0 Å². The molecule has 0 spiro atoms. The van der Waals surface area contributed by atoms with Crippen molar-refractivity contribution in [2.45, 2.75) is 37.7 Å². The first-order chi connectivity index (χ1) is 25.6. The van der Waals surface area contributed by atoms with Crippen molar-refractivity contribution in [1.82, 2.24) is 21.3 Å². The van der Waals surface area contributed by atoms with Crippen molar-refractivity contribution in [2.75, 3.05) is 6.54 Å². The number of hydrogen-bond donors (Lipinski definition) is 4. The van der Waals surface area contributed by atoms with Crippen LogP contribution in [-0.4, -0.2) is 18.6 Å². The molecule has 0 bridgehead atoms. The maximum absolute atomic E-state index is 13.9. The number of urea groups is 2. The molecule has 0 aliphatic carbocycles. The van der Waals surface area contributed by atoms with Crippen molar-refractivity contribution in [3.05, 3.63) is 142 Å². The minimum Gasteiger partial charge on any atom is -0.338 e. The molecule has 0 fully saturated rings. The average molecular weight is 789 g/mol. The van der Waals surface area contributed by atoms with Crippen molar-refractivity contribution < 1.29 is 62.3 Å². The fourth-order valence-electron chi connectivity index (χ4n) is 4.96. The molecule has 0 saturated carbocycles. The highest BCUT2D eigenvalue weighted by Gasteiger charge is 2.34. The quantitative estimate of drug-likeness (QED) is 0.121. The first-order valence-electron chi connectivity index (χ1n) is 15.8. The van der Waals surface area contributed by atoms with Crippen LogP contribution in [0.15, 0.2) is 97.3 Å². The molecule has 0 aliphatic rings. The molecule has 4 aromatic rings. The van der Waals surface area contributed by atoms with E-state index >= 15 is 0 Å². The second-order valence-corrected chi connectivity index (χ2v) is 11.7. The van der Waals surface area contributed by atoms with E-state index in [-0.39, 0.29) is 46.3 Å². The summed E-state index contributed by atoms with van der Waals surface area (Å²) in [4.78, 5) is 24.5. The van der Waals surface area contributed by atoms with E-state index in [9.17, 15) is 62.3 Å². The Morgan fingerprint density at radius 3 is 1.36 bits per heavy atom. The minimum atomic E-state index is -4.95. The fraction of sp³-hybridized carbons (Fsp3) is 0.189. The molecule has 4 rings (SSSR count). The Bertz CT molecular complexity index is 2050. The van der Waals surface area contributed by atoms with Gasteiger partial charge in [-0.3, -0.25) is 0 Å². The Kier molecular flexibility index (Phi) is 12.9. The van der Waals surface area contributed by atoms with Gasteiger partial charge in [-0.1, -0.05) is 30.3 Å². The molecule has 4 amide bonds. The van der Waals surface area contributed by atoms with Crippen LogP contribution in [0.4, 0.5) is 62.3 Å². The van der Waals surface area contributed by atoms with Gasteiger partial charge in [0.05, 0.1) is 22.3 Å². The van der Waals surface area contributed by atoms with E-state index in [0.717, 1.165) is 60.9 Å². The lowest BCUT2D eigenvalue weighted by Gasteiger charge is -2.16. The number of carbonyl (C=O) groups is 2. The lowest BCUT2D eigenvalue weighted by atomic mass is 9.95. The Morgan fingerprint density at radius 1 is 0.491 bits per heavy atom. The molecule has 0 aliphatic heterocycles. The molecule has 6 nitrogen and oxygen atoms in total. The van der Waals surface area contributed by atoms with Crippen LogP contribution in [0.3, 0.4) is 0 Å². The van der Waals surface area contributed by atoms with Crippen LogP contribution < -0.4 is 21.3 Å². The van der Waals surface area contributed by atoms with Crippen LogP contribution in [0, 0.1) is 0 Å². The van der Waals surface area contributed by atoms with Crippen molar-refractivity contribution in [3.63, 3.8) is 0 Å². The van der Waals surface area contributed by atoms with Crippen LogP contribution in [0.1, 0.15) is 44.5 Å². The van der Waals surface area contributed by atoms with Gasteiger partial charge in [0.25, 0.3) is 0 Å². The van der Waals surface area contributed by atoms with Gasteiger partial charge in [-0.05, 0) is 107 Å². The summed E-state index contributed by atoms with van der Waals surface area (Å²) in [6, 6.07) is 11.6. The zero-order chi connectivity index (χ0) is 40.6. The van der Waals surface area contributed by atoms with E-state index in [2.05, 4.69) is 21.3 Å². The van der Waals surface area contributed by atoms with E-state index in [1.54, 1.807) is 0 Å². The van der Waals surface area contributed by atoms with Crippen molar-refractivity contribution in [2.24, 2.45) is 0 Å². The number of alkyl halides is 12. The summed E-state index contributed by atoms with van der Waals surface area (Å²) >= 11 is 0. The zero-order valence-electron chi connectivity index (χ0n) is 27.9. The third kappa shape index (κ3) is 12.9. The van der Waals surface area contributed by atoms with Gasteiger partial charge >= 0.3 is 36.8 Å². The van der Waals surface area contributed by atoms with Gasteiger partial charge in [-0.2, -0.15) is 52.7 Å². The Hall–Kier alpha value is -5.94. The van der Waals surface area contributed by atoms with Crippen molar-refractivity contribution in [3.8, 4) is 11.1 Å². The Balaban J connectivity index is 1.46. The minimum absolute atomic E-state index is 0.0198. The predicted molar refractivity (Wildman–Crippen MR) is 178 cm³/mol. The molecule has 18 heteroatoms. The Labute approximate surface area is 304 Å². The summed E-state index contributed by atoms with van der Waals surface area (Å²) in [5.41, 5.74) is -4.79. The van der Waals surface area contributed by atoms with Crippen LogP contribution in [-0.2, 0) is 37.7 Å². The van der Waals surface area contributed by atoms with Gasteiger partial charge in [0, 0.05) is 25.5 Å². The smallest absolute Gasteiger partial charge is 0.338 e. The predicted octanol–water partition coefficient (Wildman–Crippen LogP) is 10.4. The topological polar surface area (TPSA) is 82.3 Å². The van der Waals surface area contributed by atoms with E-state index in [0.29, 0.717) is 18.2 Å². The fourth-order valence-corrected chi connectivity index (χ4v) is 4.96. The third-order valence-electron chi connectivity index (χ3n) is 7.53. The average Bonchev–Trinajstić information content (AvgIpc) is 3.09. The first kappa shape index (κ1) is 41.8. The highest BCUT2D eigenvalue weighted by atomic mass is 19.4. The second kappa shape index (κ2) is 17.0. The molecule has 292 valence electrons. The van der Waals surface area contributed by atoms with Gasteiger partial charge in [0.2, 0.25) is 0 Å². The summed E-state index contributed by atoms with van der Waals surface area (Å²) in [5.74, 6) is 0. The molecule has 0 unspecified atom stereocenters. The monoisotopic (exact) mass is 788 g/mol. The second-order valence-electron chi connectivity index (χ2n) is 11.7. The van der Waals surface area contributed by atoms with Gasteiger partial charge in [-0.25, -0.2) is 9.59 Å². The largest absolute Gasteiger partial charge is 0.416 e. The maximum atomic E-state index is 13.9. The van der Waals surface area contributed by atoms with E-state index in [1.165, 1.54) is 30.3 Å². The highest BCUT2D eigenvalue weighted by molar-refractivity contribution is 5.77. The molecule has 0 radical (unpaired) electrons. The summed E-state index contributed by atoms with van der Waals surface area (Å²) in [6.45, 7) is -0.785. The van der Waals surface area contributed by atoms with Gasteiger partial charge in [0.15, 0.2) is 0 Å². The maximum Gasteiger partial charge on any atom is 0.416 e.